The lowest BCUT2D eigenvalue weighted by Gasteiger charge is -2.33. The molecule has 0 aromatic rings. The third-order valence-corrected chi connectivity index (χ3v) is 5.55. The topological polar surface area (TPSA) is 23.1 Å². The SMILES string of the molecule is CCCCCCCCCCCCCCCCCCCCCC[N+](C)(C)[O-]. The van der Waals surface area contributed by atoms with Crippen LogP contribution in [-0.2, 0) is 0 Å². The lowest BCUT2D eigenvalue weighted by molar-refractivity contribution is -0.840. The zero-order valence-corrected chi connectivity index (χ0v) is 18.7. The van der Waals surface area contributed by atoms with Crippen LogP contribution in [0.25, 0.3) is 0 Å². The van der Waals surface area contributed by atoms with Crippen LogP contribution >= 0.6 is 0 Å². The first-order valence-electron chi connectivity index (χ1n) is 12.1. The maximum Gasteiger partial charge on any atom is 0.0779 e. The van der Waals surface area contributed by atoms with Gasteiger partial charge < -0.3 is 9.85 Å². The number of hydroxylamine groups is 3. The molecule has 0 atom stereocenters. The van der Waals surface area contributed by atoms with E-state index in [9.17, 15) is 5.21 Å². The molecule has 0 aromatic heterocycles. The number of rotatable bonds is 21. The molecular weight excluding hydrogens is 318 g/mol. The molecule has 0 amide bonds. The zero-order valence-electron chi connectivity index (χ0n) is 18.7. The molecule has 0 bridgehead atoms. The summed E-state index contributed by atoms with van der Waals surface area (Å²) in [6.45, 7) is 3.07. The monoisotopic (exact) mass is 369 g/mol. The largest absolute Gasteiger partial charge is 0.633 e. The number of hydrogen-bond acceptors (Lipinski definition) is 1. The van der Waals surface area contributed by atoms with Gasteiger partial charge >= 0.3 is 0 Å². The van der Waals surface area contributed by atoms with E-state index in [0.717, 1.165) is 13.0 Å². The smallest absolute Gasteiger partial charge is 0.0779 e. The summed E-state index contributed by atoms with van der Waals surface area (Å²) in [5.74, 6) is 0. The van der Waals surface area contributed by atoms with Crippen molar-refractivity contribution in [2.24, 2.45) is 0 Å². The van der Waals surface area contributed by atoms with Gasteiger partial charge in [-0.15, -0.1) is 0 Å². The minimum Gasteiger partial charge on any atom is -0.633 e. The lowest BCUT2D eigenvalue weighted by Crippen LogP contribution is -2.32. The Bertz CT molecular complexity index is 259. The lowest BCUT2D eigenvalue weighted by atomic mass is 10.0. The Morgan fingerprint density at radius 2 is 0.654 bits per heavy atom. The molecule has 0 unspecified atom stereocenters. The Morgan fingerprint density at radius 1 is 0.423 bits per heavy atom. The van der Waals surface area contributed by atoms with Crippen LogP contribution in [0, 0.1) is 5.21 Å². The van der Waals surface area contributed by atoms with Gasteiger partial charge in [0.2, 0.25) is 0 Å². The van der Waals surface area contributed by atoms with E-state index >= 15 is 0 Å². The van der Waals surface area contributed by atoms with Crippen LogP contribution in [0.5, 0.6) is 0 Å². The Labute approximate surface area is 166 Å². The molecule has 0 fully saturated rings. The number of quaternary nitrogens is 1. The highest BCUT2D eigenvalue weighted by Gasteiger charge is 2.00. The van der Waals surface area contributed by atoms with Gasteiger partial charge in [-0.25, -0.2) is 0 Å². The van der Waals surface area contributed by atoms with Gasteiger partial charge in [0, 0.05) is 0 Å². The van der Waals surface area contributed by atoms with E-state index in [0.29, 0.717) is 0 Å². The first-order valence-corrected chi connectivity index (χ1v) is 12.1. The van der Waals surface area contributed by atoms with Gasteiger partial charge in [-0.3, -0.25) is 0 Å². The third kappa shape index (κ3) is 23.9. The van der Waals surface area contributed by atoms with Crippen molar-refractivity contribution in [2.75, 3.05) is 20.6 Å². The van der Waals surface area contributed by atoms with Crippen molar-refractivity contribution in [3.05, 3.63) is 5.21 Å². The molecule has 0 aliphatic heterocycles. The van der Waals surface area contributed by atoms with E-state index in [2.05, 4.69) is 6.92 Å². The Balaban J connectivity index is 3.01. The Kier molecular flexibility index (Phi) is 19.6. The Hall–Kier alpha value is -0.0800. The van der Waals surface area contributed by atoms with Crippen LogP contribution < -0.4 is 0 Å². The van der Waals surface area contributed by atoms with Crippen LogP contribution in [-0.4, -0.2) is 25.3 Å². The van der Waals surface area contributed by atoms with E-state index < -0.39 is 0 Å². The van der Waals surface area contributed by atoms with Gasteiger partial charge in [0.05, 0.1) is 20.6 Å². The van der Waals surface area contributed by atoms with Crippen molar-refractivity contribution >= 4 is 0 Å². The average molecular weight is 370 g/mol. The van der Waals surface area contributed by atoms with Crippen molar-refractivity contribution < 1.29 is 4.65 Å². The van der Waals surface area contributed by atoms with Crippen molar-refractivity contribution in [1.82, 2.24) is 0 Å². The van der Waals surface area contributed by atoms with Crippen molar-refractivity contribution in [1.29, 1.82) is 0 Å². The fourth-order valence-electron chi connectivity index (χ4n) is 3.75. The second kappa shape index (κ2) is 19.7. The summed E-state index contributed by atoms with van der Waals surface area (Å²) in [5, 5.41) is 11.4. The molecule has 26 heavy (non-hydrogen) atoms. The third-order valence-electron chi connectivity index (χ3n) is 5.55. The summed E-state index contributed by atoms with van der Waals surface area (Å²) in [6, 6.07) is 0. The van der Waals surface area contributed by atoms with Gasteiger partial charge in [0.15, 0.2) is 0 Å². The minimum atomic E-state index is -0.126. The molecule has 0 rings (SSSR count). The van der Waals surface area contributed by atoms with E-state index in [1.807, 2.05) is 0 Å². The van der Waals surface area contributed by atoms with Gasteiger partial charge in [0.25, 0.3) is 0 Å². The van der Waals surface area contributed by atoms with Gasteiger partial charge in [0.1, 0.15) is 0 Å². The van der Waals surface area contributed by atoms with E-state index in [1.165, 1.54) is 122 Å². The van der Waals surface area contributed by atoms with Crippen LogP contribution in [0.4, 0.5) is 0 Å². The first kappa shape index (κ1) is 25.9. The molecule has 0 saturated carbocycles. The second-order valence-corrected chi connectivity index (χ2v) is 9.02. The molecule has 0 aromatic carbocycles. The highest BCUT2D eigenvalue weighted by molar-refractivity contribution is 4.51. The maximum atomic E-state index is 11.4. The predicted octanol–water partition coefficient (Wildman–Crippen LogP) is 8.38. The molecule has 0 N–H and O–H groups in total. The van der Waals surface area contributed by atoms with Crippen molar-refractivity contribution in [3.8, 4) is 0 Å². The fraction of sp³-hybridized carbons (Fsp3) is 1.00. The maximum absolute atomic E-state index is 11.4. The molecule has 0 saturated heterocycles. The summed E-state index contributed by atoms with van der Waals surface area (Å²) in [7, 11) is 3.49. The number of hydrogen-bond donors (Lipinski definition) is 0. The van der Waals surface area contributed by atoms with Crippen LogP contribution in [0.1, 0.15) is 135 Å². The van der Waals surface area contributed by atoms with Gasteiger partial charge in [-0.2, -0.15) is 0 Å². The quantitative estimate of drug-likeness (QED) is 0.113. The molecule has 2 heteroatoms. The summed E-state index contributed by atoms with van der Waals surface area (Å²) >= 11 is 0. The predicted molar refractivity (Wildman–Crippen MR) is 118 cm³/mol. The van der Waals surface area contributed by atoms with Crippen molar-refractivity contribution in [3.63, 3.8) is 0 Å². The van der Waals surface area contributed by atoms with Gasteiger partial charge in [-0.1, -0.05) is 122 Å². The molecule has 0 aliphatic carbocycles. The fourth-order valence-corrected chi connectivity index (χ4v) is 3.75. The van der Waals surface area contributed by atoms with Crippen LogP contribution in [0.3, 0.4) is 0 Å². The van der Waals surface area contributed by atoms with Crippen molar-refractivity contribution in [2.45, 2.75) is 135 Å². The number of nitrogens with zero attached hydrogens (tertiary/aromatic N) is 1. The highest BCUT2D eigenvalue weighted by atomic mass is 16.5. The molecular formula is C24H51NO. The summed E-state index contributed by atoms with van der Waals surface area (Å²) in [4.78, 5) is 0. The second-order valence-electron chi connectivity index (χ2n) is 9.02. The summed E-state index contributed by atoms with van der Waals surface area (Å²) < 4.78 is -0.126. The van der Waals surface area contributed by atoms with Crippen LogP contribution in [0.2, 0.25) is 0 Å². The minimum absolute atomic E-state index is 0.126. The van der Waals surface area contributed by atoms with Crippen LogP contribution in [0.15, 0.2) is 0 Å². The molecule has 0 spiro atoms. The molecule has 158 valence electrons. The number of unbranched alkanes of at least 4 members (excludes halogenated alkanes) is 19. The summed E-state index contributed by atoms with van der Waals surface area (Å²) in [5.41, 5.74) is 0. The normalized spacial score (nSPS) is 12.0. The molecule has 0 aliphatic rings. The summed E-state index contributed by atoms with van der Waals surface area (Å²) in [6.07, 6.45) is 28.1. The van der Waals surface area contributed by atoms with E-state index in [1.54, 1.807) is 14.1 Å². The molecule has 0 heterocycles. The average Bonchev–Trinajstić information content (AvgIpc) is 2.59. The zero-order chi connectivity index (χ0) is 19.3. The molecule has 2 nitrogen and oxygen atoms in total. The first-order chi connectivity index (χ1) is 12.6. The molecule has 0 radical (unpaired) electrons. The van der Waals surface area contributed by atoms with E-state index in [4.69, 9.17) is 0 Å². The standard InChI is InChI=1S/C24H51NO/c1-4-5-6-7-8-9-10-11-12-13-14-15-16-17-18-19-20-21-22-23-24-25(2,3)26/h4-24H2,1-3H3. The van der Waals surface area contributed by atoms with E-state index in [-0.39, 0.29) is 4.65 Å². The van der Waals surface area contributed by atoms with Gasteiger partial charge in [-0.05, 0) is 12.8 Å². The Morgan fingerprint density at radius 3 is 0.885 bits per heavy atom. The highest BCUT2D eigenvalue weighted by Crippen LogP contribution is 2.15.